The van der Waals surface area contributed by atoms with Crippen molar-refractivity contribution in [2.24, 2.45) is 0 Å². The summed E-state index contributed by atoms with van der Waals surface area (Å²) in [4.78, 5) is 16.3. The van der Waals surface area contributed by atoms with Crippen LogP contribution < -0.4 is 9.64 Å². The maximum absolute atomic E-state index is 5.79. The predicted molar refractivity (Wildman–Crippen MR) is 98.3 cm³/mol. The second-order valence-corrected chi connectivity index (χ2v) is 7.67. The van der Waals surface area contributed by atoms with Crippen molar-refractivity contribution in [1.29, 1.82) is 0 Å². The molecule has 2 aromatic heterocycles. The van der Waals surface area contributed by atoms with E-state index in [2.05, 4.69) is 31.9 Å². The molecule has 6 nitrogen and oxygen atoms in total. The van der Waals surface area contributed by atoms with Gasteiger partial charge in [-0.05, 0) is 25.0 Å². The Morgan fingerprint density at radius 2 is 2.12 bits per heavy atom. The Morgan fingerprint density at radius 1 is 1.24 bits per heavy atom. The molecule has 2 saturated heterocycles. The third-order valence-corrected chi connectivity index (χ3v) is 5.95. The van der Waals surface area contributed by atoms with Gasteiger partial charge in [0.2, 0.25) is 11.8 Å². The van der Waals surface area contributed by atoms with E-state index in [-0.39, 0.29) is 0 Å². The van der Waals surface area contributed by atoms with Gasteiger partial charge >= 0.3 is 0 Å². The lowest BCUT2D eigenvalue weighted by Gasteiger charge is -2.34. The Bertz CT molecular complexity index is 694. The van der Waals surface area contributed by atoms with E-state index in [9.17, 15) is 0 Å². The highest BCUT2D eigenvalue weighted by Crippen LogP contribution is 2.33. The van der Waals surface area contributed by atoms with Crippen LogP contribution in [-0.4, -0.2) is 54.8 Å². The van der Waals surface area contributed by atoms with Gasteiger partial charge in [0.25, 0.3) is 0 Å². The summed E-state index contributed by atoms with van der Waals surface area (Å²) in [6.07, 6.45) is 4.44. The fraction of sp³-hybridized carbons (Fsp3) is 0.556. The molecule has 0 N–H and O–H groups in total. The van der Waals surface area contributed by atoms with Gasteiger partial charge in [0.05, 0.1) is 13.2 Å². The van der Waals surface area contributed by atoms with Crippen molar-refractivity contribution < 1.29 is 9.47 Å². The van der Waals surface area contributed by atoms with E-state index < -0.39 is 0 Å². The molecule has 0 saturated carbocycles. The maximum atomic E-state index is 5.79. The normalized spacial score (nSPS) is 21.6. The van der Waals surface area contributed by atoms with Gasteiger partial charge in [-0.25, -0.2) is 4.98 Å². The van der Waals surface area contributed by atoms with Gasteiger partial charge in [0.1, 0.15) is 0 Å². The smallest absolute Gasteiger partial charge is 0.228 e. The summed E-state index contributed by atoms with van der Waals surface area (Å²) in [5.41, 5.74) is 0. The number of rotatable bonds is 5. The lowest BCUT2D eigenvalue weighted by Crippen LogP contribution is -2.46. The molecule has 0 aliphatic carbocycles. The second kappa shape index (κ2) is 7.68. The molecule has 0 spiro atoms. The zero-order chi connectivity index (χ0) is 17.1. The highest BCUT2D eigenvalue weighted by atomic mass is 32.1. The van der Waals surface area contributed by atoms with Crippen LogP contribution in [0, 0.1) is 0 Å². The Labute approximate surface area is 152 Å². The minimum absolute atomic E-state index is 0.334. The van der Waals surface area contributed by atoms with Crippen LogP contribution in [-0.2, 0) is 11.3 Å². The summed E-state index contributed by atoms with van der Waals surface area (Å²) < 4.78 is 11.0. The van der Waals surface area contributed by atoms with Crippen LogP contribution in [0.4, 0.5) is 5.95 Å². The zero-order valence-electron chi connectivity index (χ0n) is 14.6. The molecule has 1 atom stereocenters. The quantitative estimate of drug-likeness (QED) is 0.817. The van der Waals surface area contributed by atoms with E-state index in [1.165, 1.54) is 22.6 Å². The molecule has 134 valence electrons. The van der Waals surface area contributed by atoms with Crippen LogP contribution in [0.2, 0.25) is 0 Å². The van der Waals surface area contributed by atoms with Crippen molar-refractivity contribution in [3.05, 3.63) is 34.2 Å². The van der Waals surface area contributed by atoms with Crippen LogP contribution in [0.15, 0.2) is 24.4 Å². The molecule has 2 fully saturated rings. The van der Waals surface area contributed by atoms with E-state index in [1.807, 2.05) is 11.3 Å². The van der Waals surface area contributed by atoms with Crippen molar-refractivity contribution >= 4 is 17.3 Å². The van der Waals surface area contributed by atoms with Gasteiger partial charge in [-0.3, -0.25) is 4.90 Å². The molecular weight excluding hydrogens is 336 g/mol. The fourth-order valence-electron chi connectivity index (χ4n) is 3.38. The van der Waals surface area contributed by atoms with Crippen LogP contribution in [0.1, 0.15) is 28.7 Å². The van der Waals surface area contributed by atoms with Crippen LogP contribution >= 0.6 is 11.3 Å². The summed E-state index contributed by atoms with van der Waals surface area (Å²) in [6, 6.07) is 6.29. The molecule has 0 radical (unpaired) electrons. The third kappa shape index (κ3) is 3.94. The molecule has 2 aliphatic rings. The standard InChI is InChI=1S/C18H24N4O2S/c1-23-17-6-7-19-18(20-17)22-10-8-21(9-11-22)13-14-4-5-16(25-14)15-3-2-12-24-15/h4-7,15H,2-3,8-13H2,1H3/t15-/m1/s1. The first-order valence-electron chi connectivity index (χ1n) is 8.86. The van der Waals surface area contributed by atoms with Crippen molar-refractivity contribution in [3.8, 4) is 5.88 Å². The molecule has 2 aliphatic heterocycles. The molecule has 0 bridgehead atoms. The number of aromatic nitrogens is 2. The van der Waals surface area contributed by atoms with Crippen LogP contribution in [0.25, 0.3) is 0 Å². The summed E-state index contributed by atoms with van der Waals surface area (Å²) in [7, 11) is 1.63. The number of nitrogens with zero attached hydrogens (tertiary/aromatic N) is 4. The van der Waals surface area contributed by atoms with Gasteiger partial charge in [-0.2, -0.15) is 4.98 Å². The Morgan fingerprint density at radius 3 is 2.88 bits per heavy atom. The van der Waals surface area contributed by atoms with E-state index in [1.54, 1.807) is 19.4 Å². The summed E-state index contributed by atoms with van der Waals surface area (Å²) in [5, 5.41) is 0. The van der Waals surface area contributed by atoms with Crippen molar-refractivity contribution in [1.82, 2.24) is 14.9 Å². The minimum atomic E-state index is 0.334. The number of methoxy groups -OCH3 is 1. The lowest BCUT2D eigenvalue weighted by atomic mass is 10.2. The zero-order valence-corrected chi connectivity index (χ0v) is 15.4. The van der Waals surface area contributed by atoms with E-state index in [0.29, 0.717) is 12.0 Å². The molecule has 4 heterocycles. The van der Waals surface area contributed by atoms with Crippen LogP contribution in [0.3, 0.4) is 0 Å². The molecule has 7 heteroatoms. The minimum Gasteiger partial charge on any atom is -0.481 e. The molecular formula is C18H24N4O2S. The van der Waals surface area contributed by atoms with Gasteiger partial charge in [-0.1, -0.05) is 0 Å². The molecule has 4 rings (SSSR count). The Kier molecular flexibility index (Phi) is 5.14. The fourth-order valence-corrected chi connectivity index (χ4v) is 4.52. The predicted octanol–water partition coefficient (Wildman–Crippen LogP) is 2.72. The number of hydrogen-bond acceptors (Lipinski definition) is 7. The SMILES string of the molecule is COc1ccnc(N2CCN(Cc3ccc([C@H]4CCCO4)s3)CC2)n1. The number of thiophene rings is 1. The van der Waals surface area contributed by atoms with Gasteiger partial charge in [-0.15, -0.1) is 11.3 Å². The Balaban J connectivity index is 1.31. The average molecular weight is 360 g/mol. The van der Waals surface area contributed by atoms with Crippen molar-refractivity contribution in [2.75, 3.05) is 44.8 Å². The first-order chi connectivity index (χ1) is 12.3. The number of ether oxygens (including phenoxy) is 2. The average Bonchev–Trinajstić information content (AvgIpc) is 3.34. The summed E-state index contributed by atoms with van der Waals surface area (Å²) in [5.74, 6) is 1.38. The monoisotopic (exact) mass is 360 g/mol. The van der Waals surface area contributed by atoms with Gasteiger partial charge in [0, 0.05) is 61.3 Å². The number of hydrogen-bond donors (Lipinski definition) is 0. The lowest BCUT2D eigenvalue weighted by molar-refractivity contribution is 0.114. The maximum Gasteiger partial charge on any atom is 0.228 e. The van der Waals surface area contributed by atoms with E-state index in [4.69, 9.17) is 9.47 Å². The molecule has 0 unspecified atom stereocenters. The number of piperazine rings is 1. The highest BCUT2D eigenvalue weighted by molar-refractivity contribution is 7.12. The van der Waals surface area contributed by atoms with Crippen LogP contribution in [0.5, 0.6) is 5.88 Å². The molecule has 2 aromatic rings. The summed E-state index contributed by atoms with van der Waals surface area (Å²) >= 11 is 1.90. The molecule has 0 aromatic carbocycles. The first kappa shape index (κ1) is 16.8. The highest BCUT2D eigenvalue weighted by Gasteiger charge is 2.22. The second-order valence-electron chi connectivity index (χ2n) is 6.47. The van der Waals surface area contributed by atoms with E-state index in [0.717, 1.165) is 45.3 Å². The van der Waals surface area contributed by atoms with Crippen molar-refractivity contribution in [2.45, 2.75) is 25.5 Å². The summed E-state index contributed by atoms with van der Waals surface area (Å²) in [6.45, 7) is 5.85. The third-order valence-electron chi connectivity index (χ3n) is 4.79. The van der Waals surface area contributed by atoms with Gasteiger partial charge in [0.15, 0.2) is 0 Å². The van der Waals surface area contributed by atoms with Crippen molar-refractivity contribution in [3.63, 3.8) is 0 Å². The molecule has 25 heavy (non-hydrogen) atoms. The van der Waals surface area contributed by atoms with Gasteiger partial charge < -0.3 is 14.4 Å². The first-order valence-corrected chi connectivity index (χ1v) is 9.68. The number of anilines is 1. The molecule has 0 amide bonds. The topological polar surface area (TPSA) is 50.7 Å². The van der Waals surface area contributed by atoms with E-state index >= 15 is 0 Å². The largest absolute Gasteiger partial charge is 0.481 e. The Hall–Kier alpha value is -1.70.